The second-order valence-electron chi connectivity index (χ2n) is 18.1. The SMILES string of the molecule is CC/C=C\C/C=C\C/C=C\C/C=C\C/C=C\CCCC(=O)OC(COC(=O)CCCCCCCCCC)COC(=O)CCCCCCCCCCCCCC/C=C\C/C=C\C/C=C\C/C=C\CC. The quantitative estimate of drug-likeness (QED) is 0.0262. The standard InChI is InChI=1S/C62H102O6/c1-4-7-10-13-16-19-21-23-25-27-28-29-30-31-32-33-34-36-37-39-41-43-46-49-52-55-61(64)67-58-59(57-66-60(63)54-51-48-45-18-15-12-9-6-3)68-62(65)56-53-50-47-44-42-40-38-35-26-24-22-20-17-14-11-8-5-2/h7-8,10-11,16-17,19-20,23-26,28-29,38,40,44,47,59H,4-6,9,12-15,18,21-22,27,30-37,39,41-43,45-46,48-58H2,1-3H3/b10-7-,11-8-,19-16-,20-17-,25-23-,26-24-,29-28-,40-38-,47-44-. The lowest BCUT2D eigenvalue weighted by molar-refractivity contribution is -0.167. The van der Waals surface area contributed by atoms with E-state index in [1.54, 1.807) is 0 Å². The fourth-order valence-electron chi connectivity index (χ4n) is 7.41. The van der Waals surface area contributed by atoms with Gasteiger partial charge in [0.05, 0.1) is 0 Å². The molecule has 386 valence electrons. The van der Waals surface area contributed by atoms with Crippen LogP contribution in [0.3, 0.4) is 0 Å². The topological polar surface area (TPSA) is 78.9 Å². The number of unbranched alkanes of at least 4 members (excludes halogenated alkanes) is 20. The Bertz CT molecular complexity index is 1410. The van der Waals surface area contributed by atoms with E-state index < -0.39 is 6.10 Å². The summed E-state index contributed by atoms with van der Waals surface area (Å²) in [5.41, 5.74) is 0. The molecule has 0 fully saturated rings. The first kappa shape index (κ1) is 64.1. The molecule has 0 radical (unpaired) electrons. The molecule has 6 heteroatoms. The van der Waals surface area contributed by atoms with Gasteiger partial charge in [-0.05, 0) is 96.3 Å². The minimum atomic E-state index is -0.807. The third-order valence-corrected chi connectivity index (χ3v) is 11.5. The van der Waals surface area contributed by atoms with Gasteiger partial charge in [-0.2, -0.15) is 0 Å². The molecule has 0 saturated heterocycles. The van der Waals surface area contributed by atoms with E-state index in [2.05, 4.69) is 130 Å². The number of rotatable bonds is 49. The van der Waals surface area contributed by atoms with Gasteiger partial charge in [0, 0.05) is 19.3 Å². The zero-order valence-corrected chi connectivity index (χ0v) is 44.1. The van der Waals surface area contributed by atoms with E-state index in [9.17, 15) is 14.4 Å². The number of ether oxygens (including phenoxy) is 3. The summed E-state index contributed by atoms with van der Waals surface area (Å²) < 4.78 is 16.7. The van der Waals surface area contributed by atoms with Crippen molar-refractivity contribution in [1.82, 2.24) is 0 Å². The maximum absolute atomic E-state index is 12.8. The van der Waals surface area contributed by atoms with E-state index in [0.717, 1.165) is 103 Å². The minimum Gasteiger partial charge on any atom is -0.462 e. The molecule has 0 aliphatic heterocycles. The smallest absolute Gasteiger partial charge is 0.306 e. The average Bonchev–Trinajstić information content (AvgIpc) is 3.34. The molecular formula is C62H102O6. The van der Waals surface area contributed by atoms with E-state index in [1.165, 1.54) is 96.3 Å². The summed E-state index contributed by atoms with van der Waals surface area (Å²) in [5, 5.41) is 0. The van der Waals surface area contributed by atoms with Gasteiger partial charge >= 0.3 is 17.9 Å². The van der Waals surface area contributed by atoms with Crippen LogP contribution in [-0.4, -0.2) is 37.2 Å². The third-order valence-electron chi connectivity index (χ3n) is 11.5. The summed E-state index contributed by atoms with van der Waals surface area (Å²) in [7, 11) is 0. The van der Waals surface area contributed by atoms with Crippen molar-refractivity contribution < 1.29 is 28.6 Å². The van der Waals surface area contributed by atoms with Crippen molar-refractivity contribution in [3.8, 4) is 0 Å². The number of esters is 3. The summed E-state index contributed by atoms with van der Waals surface area (Å²) in [6, 6.07) is 0. The molecule has 6 nitrogen and oxygen atoms in total. The molecule has 0 rings (SSSR count). The number of hydrogen-bond donors (Lipinski definition) is 0. The summed E-state index contributed by atoms with van der Waals surface area (Å²) in [6.45, 7) is 6.33. The Labute approximate surface area is 419 Å². The Morgan fingerprint density at radius 2 is 0.588 bits per heavy atom. The molecule has 68 heavy (non-hydrogen) atoms. The summed E-state index contributed by atoms with van der Waals surface area (Å²) in [4.78, 5) is 37.9. The number of allylic oxidation sites excluding steroid dienone is 18. The highest BCUT2D eigenvalue weighted by Gasteiger charge is 2.19. The largest absolute Gasteiger partial charge is 0.462 e. The zero-order chi connectivity index (χ0) is 49.3. The van der Waals surface area contributed by atoms with Crippen molar-refractivity contribution in [1.29, 1.82) is 0 Å². The maximum Gasteiger partial charge on any atom is 0.306 e. The van der Waals surface area contributed by atoms with Crippen molar-refractivity contribution in [3.63, 3.8) is 0 Å². The first-order valence-electron chi connectivity index (χ1n) is 27.9. The molecule has 0 aromatic carbocycles. The molecule has 1 unspecified atom stereocenters. The van der Waals surface area contributed by atoms with Gasteiger partial charge in [0.1, 0.15) is 13.2 Å². The normalized spacial score (nSPS) is 12.9. The molecular weight excluding hydrogens is 841 g/mol. The second kappa shape index (κ2) is 55.7. The van der Waals surface area contributed by atoms with E-state index in [-0.39, 0.29) is 37.5 Å². The highest BCUT2D eigenvalue weighted by Crippen LogP contribution is 2.15. The van der Waals surface area contributed by atoms with Gasteiger partial charge in [-0.15, -0.1) is 0 Å². The van der Waals surface area contributed by atoms with Crippen LogP contribution in [0.5, 0.6) is 0 Å². The summed E-state index contributed by atoms with van der Waals surface area (Å²) in [5.74, 6) is -0.967. The maximum atomic E-state index is 12.8. The monoisotopic (exact) mass is 943 g/mol. The molecule has 0 N–H and O–H groups in total. The van der Waals surface area contributed by atoms with Crippen molar-refractivity contribution >= 4 is 17.9 Å². The predicted molar refractivity (Wildman–Crippen MR) is 293 cm³/mol. The van der Waals surface area contributed by atoms with E-state index in [0.29, 0.717) is 19.3 Å². The van der Waals surface area contributed by atoms with E-state index in [1.807, 2.05) is 0 Å². The van der Waals surface area contributed by atoms with Crippen LogP contribution >= 0.6 is 0 Å². The fraction of sp³-hybridized carbons (Fsp3) is 0.661. The van der Waals surface area contributed by atoms with Crippen LogP contribution in [0.4, 0.5) is 0 Å². The molecule has 0 spiro atoms. The molecule has 0 amide bonds. The lowest BCUT2D eigenvalue weighted by Gasteiger charge is -2.18. The summed E-state index contributed by atoms with van der Waals surface area (Å²) in [6.07, 6.45) is 75.3. The second-order valence-corrected chi connectivity index (χ2v) is 18.1. The van der Waals surface area contributed by atoms with Crippen molar-refractivity contribution in [2.45, 2.75) is 252 Å². The Balaban J connectivity index is 4.28. The van der Waals surface area contributed by atoms with Crippen LogP contribution < -0.4 is 0 Å². The Morgan fingerprint density at radius 1 is 0.309 bits per heavy atom. The van der Waals surface area contributed by atoms with Gasteiger partial charge in [0.25, 0.3) is 0 Å². The van der Waals surface area contributed by atoms with Crippen LogP contribution in [0.2, 0.25) is 0 Å². The van der Waals surface area contributed by atoms with Gasteiger partial charge in [-0.25, -0.2) is 0 Å². The Morgan fingerprint density at radius 3 is 0.941 bits per heavy atom. The molecule has 0 saturated carbocycles. The third kappa shape index (κ3) is 53.0. The van der Waals surface area contributed by atoms with Gasteiger partial charge < -0.3 is 14.2 Å². The lowest BCUT2D eigenvalue weighted by atomic mass is 10.0. The van der Waals surface area contributed by atoms with Gasteiger partial charge in [0.2, 0.25) is 0 Å². The molecule has 0 aliphatic carbocycles. The van der Waals surface area contributed by atoms with Crippen molar-refractivity contribution in [2.75, 3.05) is 13.2 Å². The molecule has 0 heterocycles. The van der Waals surface area contributed by atoms with Crippen LogP contribution in [0.25, 0.3) is 0 Å². The van der Waals surface area contributed by atoms with Gasteiger partial charge in [-0.1, -0.05) is 239 Å². The van der Waals surface area contributed by atoms with Crippen LogP contribution in [-0.2, 0) is 28.6 Å². The molecule has 0 aromatic rings. The minimum absolute atomic E-state index is 0.101. The Kier molecular flexibility index (Phi) is 52.4. The molecule has 0 bridgehead atoms. The highest BCUT2D eigenvalue weighted by atomic mass is 16.6. The van der Waals surface area contributed by atoms with Gasteiger partial charge in [-0.3, -0.25) is 14.4 Å². The van der Waals surface area contributed by atoms with Crippen LogP contribution in [0, 0.1) is 0 Å². The lowest BCUT2D eigenvalue weighted by Crippen LogP contribution is -2.30. The van der Waals surface area contributed by atoms with Gasteiger partial charge in [0.15, 0.2) is 6.10 Å². The van der Waals surface area contributed by atoms with Crippen molar-refractivity contribution in [2.24, 2.45) is 0 Å². The first-order valence-corrected chi connectivity index (χ1v) is 27.9. The number of carbonyl (C=O) groups excluding carboxylic acids is 3. The summed E-state index contributed by atoms with van der Waals surface area (Å²) >= 11 is 0. The number of hydrogen-bond acceptors (Lipinski definition) is 6. The zero-order valence-electron chi connectivity index (χ0n) is 44.1. The highest BCUT2D eigenvalue weighted by molar-refractivity contribution is 5.71. The number of carbonyl (C=O) groups is 3. The average molecular weight is 943 g/mol. The van der Waals surface area contributed by atoms with Crippen LogP contribution in [0.15, 0.2) is 109 Å². The fourth-order valence-corrected chi connectivity index (χ4v) is 7.41. The van der Waals surface area contributed by atoms with Crippen molar-refractivity contribution in [3.05, 3.63) is 109 Å². The molecule has 0 aliphatic rings. The molecule has 0 aromatic heterocycles. The van der Waals surface area contributed by atoms with E-state index >= 15 is 0 Å². The first-order chi connectivity index (χ1) is 33.5. The van der Waals surface area contributed by atoms with Crippen LogP contribution in [0.1, 0.15) is 245 Å². The Hall–Kier alpha value is -3.93. The predicted octanol–water partition coefficient (Wildman–Crippen LogP) is 18.7. The van der Waals surface area contributed by atoms with E-state index in [4.69, 9.17) is 14.2 Å². The molecule has 1 atom stereocenters.